The molecule has 26 heavy (non-hydrogen) atoms. The predicted octanol–water partition coefficient (Wildman–Crippen LogP) is 4.44. The molecule has 1 heterocycles. The molecule has 8 heteroatoms. The van der Waals surface area contributed by atoms with Gasteiger partial charge in [0, 0.05) is 23.1 Å². The number of thioether (sulfide) groups is 1. The second kappa shape index (κ2) is 8.01. The second-order valence-corrected chi connectivity index (χ2v) is 6.71. The van der Waals surface area contributed by atoms with E-state index >= 15 is 0 Å². The van der Waals surface area contributed by atoms with Crippen LogP contribution in [-0.4, -0.2) is 22.7 Å². The van der Waals surface area contributed by atoms with E-state index in [0.717, 1.165) is 11.3 Å². The summed E-state index contributed by atoms with van der Waals surface area (Å²) < 4.78 is 5.07. The molecule has 0 aromatic heterocycles. The minimum Gasteiger partial charge on any atom is -0.466 e. The molecule has 0 fully saturated rings. The van der Waals surface area contributed by atoms with Gasteiger partial charge in [-0.2, -0.15) is 0 Å². The number of rotatable bonds is 5. The Hall–Kier alpha value is -2.87. The van der Waals surface area contributed by atoms with E-state index in [9.17, 15) is 14.9 Å². The van der Waals surface area contributed by atoms with Gasteiger partial charge in [-0.3, -0.25) is 14.9 Å². The summed E-state index contributed by atoms with van der Waals surface area (Å²) >= 11 is 1.44. The number of fused-ring (bicyclic) bond motifs is 1. The van der Waals surface area contributed by atoms with E-state index in [1.807, 2.05) is 24.3 Å². The second-order valence-electron chi connectivity index (χ2n) is 5.52. The van der Waals surface area contributed by atoms with E-state index in [2.05, 4.69) is 10.3 Å². The van der Waals surface area contributed by atoms with Crippen LogP contribution in [0.4, 0.5) is 17.1 Å². The maximum atomic E-state index is 11.9. The molecule has 3 rings (SSSR count). The number of esters is 1. The minimum atomic E-state index is -0.442. The molecule has 0 amide bonds. The van der Waals surface area contributed by atoms with Crippen LogP contribution in [0.15, 0.2) is 53.5 Å². The number of ether oxygens (including phenoxy) is 1. The molecule has 1 unspecified atom stereocenters. The number of non-ortho nitro benzene ring substituents is 1. The number of aliphatic imine (C=N–C) groups is 1. The van der Waals surface area contributed by atoms with Crippen molar-refractivity contribution in [1.82, 2.24) is 0 Å². The van der Waals surface area contributed by atoms with Gasteiger partial charge < -0.3 is 10.1 Å². The average Bonchev–Trinajstić information content (AvgIpc) is 2.62. The Bertz CT molecular complexity index is 852. The highest BCUT2D eigenvalue weighted by Crippen LogP contribution is 2.43. The topological polar surface area (TPSA) is 93.8 Å². The number of carbonyl (C=O) groups is 1. The summed E-state index contributed by atoms with van der Waals surface area (Å²) in [6.45, 7) is 2.13. The van der Waals surface area contributed by atoms with Gasteiger partial charge in [0.1, 0.15) is 0 Å². The van der Waals surface area contributed by atoms with Crippen molar-refractivity contribution in [3.8, 4) is 0 Å². The Morgan fingerprint density at radius 1 is 1.27 bits per heavy atom. The fourth-order valence-corrected chi connectivity index (χ4v) is 3.71. The van der Waals surface area contributed by atoms with E-state index in [1.165, 1.54) is 23.9 Å². The van der Waals surface area contributed by atoms with Gasteiger partial charge in [0.2, 0.25) is 0 Å². The number of anilines is 1. The van der Waals surface area contributed by atoms with Crippen molar-refractivity contribution >= 4 is 40.0 Å². The first-order chi connectivity index (χ1) is 12.6. The van der Waals surface area contributed by atoms with Crippen LogP contribution in [0.3, 0.4) is 0 Å². The molecule has 1 N–H and O–H groups in total. The van der Waals surface area contributed by atoms with Gasteiger partial charge >= 0.3 is 5.97 Å². The third kappa shape index (κ3) is 4.20. The van der Waals surface area contributed by atoms with Gasteiger partial charge in [-0.05, 0) is 30.7 Å². The molecule has 7 nitrogen and oxygen atoms in total. The van der Waals surface area contributed by atoms with Gasteiger partial charge in [-0.15, -0.1) is 0 Å². The minimum absolute atomic E-state index is 0.0271. The molecule has 0 bridgehead atoms. The SMILES string of the molecule is CCOC(=O)CC1SC(Nc2ccc([N+](=O)[O-])cc2)=Nc2ccccc21. The first-order valence-electron chi connectivity index (χ1n) is 8.08. The van der Waals surface area contributed by atoms with Gasteiger partial charge in [0.05, 0.1) is 23.6 Å². The first kappa shape index (κ1) is 17.9. The first-order valence-corrected chi connectivity index (χ1v) is 8.96. The summed E-state index contributed by atoms with van der Waals surface area (Å²) in [7, 11) is 0. The number of nitro groups is 1. The summed E-state index contributed by atoms with van der Waals surface area (Å²) in [5, 5.41) is 14.4. The lowest BCUT2D eigenvalue weighted by atomic mass is 10.1. The number of amidine groups is 1. The summed E-state index contributed by atoms with van der Waals surface area (Å²) in [6.07, 6.45) is 0.247. The molecule has 0 saturated heterocycles. The maximum absolute atomic E-state index is 11.9. The van der Waals surface area contributed by atoms with Crippen LogP contribution in [0.1, 0.15) is 24.2 Å². The van der Waals surface area contributed by atoms with Gasteiger partial charge in [0.15, 0.2) is 5.17 Å². The zero-order valence-electron chi connectivity index (χ0n) is 14.0. The highest BCUT2D eigenvalue weighted by Gasteiger charge is 2.26. The van der Waals surface area contributed by atoms with Crippen LogP contribution in [0, 0.1) is 10.1 Å². The lowest BCUT2D eigenvalue weighted by molar-refractivity contribution is -0.384. The molecule has 134 valence electrons. The third-order valence-corrected chi connectivity index (χ3v) is 4.87. The number of hydrogen-bond donors (Lipinski definition) is 1. The molecule has 0 radical (unpaired) electrons. The van der Waals surface area contributed by atoms with E-state index < -0.39 is 4.92 Å². The van der Waals surface area contributed by atoms with Crippen molar-refractivity contribution in [2.45, 2.75) is 18.6 Å². The quantitative estimate of drug-likeness (QED) is 0.474. The van der Waals surface area contributed by atoms with Crippen molar-refractivity contribution in [1.29, 1.82) is 0 Å². The molecular formula is C18H17N3O4S. The van der Waals surface area contributed by atoms with E-state index in [1.54, 1.807) is 19.1 Å². The highest BCUT2D eigenvalue weighted by molar-refractivity contribution is 8.14. The Labute approximate surface area is 154 Å². The van der Waals surface area contributed by atoms with Crippen molar-refractivity contribution in [2.75, 3.05) is 11.9 Å². The zero-order valence-corrected chi connectivity index (χ0v) is 14.9. The summed E-state index contributed by atoms with van der Waals surface area (Å²) in [4.78, 5) is 26.8. The Morgan fingerprint density at radius 3 is 2.69 bits per heavy atom. The maximum Gasteiger partial charge on any atom is 0.307 e. The number of nitro benzene ring substituents is 1. The number of para-hydroxylation sites is 1. The van der Waals surface area contributed by atoms with E-state index in [4.69, 9.17) is 4.74 Å². The average molecular weight is 371 g/mol. The van der Waals surface area contributed by atoms with Gasteiger partial charge in [0.25, 0.3) is 5.69 Å². The summed E-state index contributed by atoms with van der Waals surface area (Å²) in [5.74, 6) is -0.253. The fourth-order valence-electron chi connectivity index (χ4n) is 2.57. The molecule has 1 atom stereocenters. The summed E-state index contributed by atoms with van der Waals surface area (Å²) in [6, 6.07) is 13.8. The number of hydrogen-bond acceptors (Lipinski definition) is 7. The molecular weight excluding hydrogens is 354 g/mol. The molecule has 1 aliphatic heterocycles. The fraction of sp³-hybridized carbons (Fsp3) is 0.222. The van der Waals surface area contributed by atoms with Crippen LogP contribution in [-0.2, 0) is 9.53 Å². The largest absolute Gasteiger partial charge is 0.466 e. The van der Waals surface area contributed by atoms with Crippen molar-refractivity contribution in [3.05, 3.63) is 64.2 Å². The van der Waals surface area contributed by atoms with Crippen molar-refractivity contribution in [2.24, 2.45) is 4.99 Å². The lowest BCUT2D eigenvalue weighted by Gasteiger charge is -2.24. The van der Waals surface area contributed by atoms with Crippen LogP contribution in [0.25, 0.3) is 0 Å². The van der Waals surface area contributed by atoms with Crippen LogP contribution >= 0.6 is 11.8 Å². The normalized spacial score (nSPS) is 15.6. The monoisotopic (exact) mass is 371 g/mol. The molecule has 2 aromatic rings. The number of benzene rings is 2. The number of nitrogens with one attached hydrogen (secondary N) is 1. The standard InChI is InChI=1S/C18H17N3O4S/c1-2-25-17(22)11-16-14-5-3-4-6-15(14)20-18(26-16)19-12-7-9-13(10-8-12)21(23)24/h3-10,16H,2,11H2,1H3,(H,19,20). The van der Waals surface area contributed by atoms with Crippen molar-refractivity contribution < 1.29 is 14.5 Å². The predicted molar refractivity (Wildman–Crippen MR) is 102 cm³/mol. The van der Waals surface area contributed by atoms with Gasteiger partial charge in [-0.25, -0.2) is 4.99 Å². The van der Waals surface area contributed by atoms with Crippen LogP contribution in [0.5, 0.6) is 0 Å². The molecule has 0 spiro atoms. The molecule has 0 saturated carbocycles. The Morgan fingerprint density at radius 2 is 2.00 bits per heavy atom. The van der Waals surface area contributed by atoms with Gasteiger partial charge in [-0.1, -0.05) is 30.0 Å². The molecule has 0 aliphatic carbocycles. The number of carbonyl (C=O) groups excluding carboxylic acids is 1. The van der Waals surface area contributed by atoms with E-state index in [-0.39, 0.29) is 23.3 Å². The molecule has 2 aromatic carbocycles. The number of nitrogens with zero attached hydrogens (tertiary/aromatic N) is 2. The van der Waals surface area contributed by atoms with Crippen molar-refractivity contribution in [3.63, 3.8) is 0 Å². The van der Waals surface area contributed by atoms with E-state index in [0.29, 0.717) is 17.5 Å². The summed E-state index contributed by atoms with van der Waals surface area (Å²) in [5.41, 5.74) is 2.50. The third-order valence-electron chi connectivity index (χ3n) is 3.75. The lowest BCUT2D eigenvalue weighted by Crippen LogP contribution is -2.17. The highest BCUT2D eigenvalue weighted by atomic mass is 32.2. The Kier molecular flexibility index (Phi) is 5.52. The Balaban J connectivity index is 1.80. The van der Waals surface area contributed by atoms with Crippen LogP contribution in [0.2, 0.25) is 0 Å². The molecule has 1 aliphatic rings. The van der Waals surface area contributed by atoms with Crippen LogP contribution < -0.4 is 5.32 Å². The zero-order chi connectivity index (χ0) is 18.5. The smallest absolute Gasteiger partial charge is 0.307 e.